The summed E-state index contributed by atoms with van der Waals surface area (Å²) < 4.78 is 4.80. The molecule has 0 aromatic heterocycles. The van der Waals surface area contributed by atoms with E-state index in [9.17, 15) is 4.79 Å². The largest absolute Gasteiger partial charge is 0.444 e. The van der Waals surface area contributed by atoms with Gasteiger partial charge in [0.05, 0.1) is 6.61 Å². The van der Waals surface area contributed by atoms with Crippen LogP contribution in [-0.2, 0) is 4.74 Å². The second-order valence-corrected chi connectivity index (χ2v) is 3.47. The SMILES string of the molecule is CC(CO)OC(=O)Nc1cccc(Cl)c1. The molecule has 1 aromatic rings. The Morgan fingerprint density at radius 3 is 3.00 bits per heavy atom. The maximum Gasteiger partial charge on any atom is 0.411 e. The molecule has 5 heteroatoms. The summed E-state index contributed by atoms with van der Waals surface area (Å²) >= 11 is 5.73. The molecule has 0 saturated carbocycles. The van der Waals surface area contributed by atoms with E-state index in [-0.39, 0.29) is 6.61 Å². The molecule has 0 radical (unpaired) electrons. The lowest BCUT2D eigenvalue weighted by Crippen LogP contribution is -2.22. The monoisotopic (exact) mass is 229 g/mol. The van der Waals surface area contributed by atoms with Gasteiger partial charge < -0.3 is 9.84 Å². The smallest absolute Gasteiger partial charge is 0.411 e. The molecule has 0 spiro atoms. The summed E-state index contributed by atoms with van der Waals surface area (Å²) in [4.78, 5) is 11.2. The van der Waals surface area contributed by atoms with Gasteiger partial charge in [0.25, 0.3) is 0 Å². The number of benzene rings is 1. The van der Waals surface area contributed by atoms with Gasteiger partial charge >= 0.3 is 6.09 Å². The maximum absolute atomic E-state index is 11.2. The highest BCUT2D eigenvalue weighted by molar-refractivity contribution is 6.30. The molecule has 0 bridgehead atoms. The molecule has 1 atom stereocenters. The summed E-state index contributed by atoms with van der Waals surface area (Å²) in [6.07, 6.45) is -1.14. The van der Waals surface area contributed by atoms with Gasteiger partial charge in [-0.2, -0.15) is 0 Å². The predicted octanol–water partition coefficient (Wildman–Crippen LogP) is 2.27. The first-order chi connectivity index (χ1) is 7.11. The highest BCUT2D eigenvalue weighted by Crippen LogP contribution is 2.15. The number of carbonyl (C=O) groups excluding carboxylic acids is 1. The van der Waals surface area contributed by atoms with E-state index in [0.29, 0.717) is 10.7 Å². The number of hydrogen-bond donors (Lipinski definition) is 2. The average molecular weight is 230 g/mol. The van der Waals surface area contributed by atoms with Gasteiger partial charge in [-0.15, -0.1) is 0 Å². The van der Waals surface area contributed by atoms with E-state index < -0.39 is 12.2 Å². The normalized spacial score (nSPS) is 11.9. The van der Waals surface area contributed by atoms with Crippen LogP contribution in [0.25, 0.3) is 0 Å². The van der Waals surface area contributed by atoms with Gasteiger partial charge in [-0.3, -0.25) is 5.32 Å². The van der Waals surface area contributed by atoms with Gasteiger partial charge in [0.2, 0.25) is 0 Å². The minimum absolute atomic E-state index is 0.205. The van der Waals surface area contributed by atoms with Crippen molar-refractivity contribution in [2.75, 3.05) is 11.9 Å². The van der Waals surface area contributed by atoms with Gasteiger partial charge in [-0.25, -0.2) is 4.79 Å². The molecular formula is C10H12ClNO3. The maximum atomic E-state index is 11.2. The van der Waals surface area contributed by atoms with E-state index >= 15 is 0 Å². The Kier molecular flexibility index (Phi) is 4.39. The Labute approximate surface area is 92.8 Å². The Hall–Kier alpha value is -1.26. The number of amides is 1. The van der Waals surface area contributed by atoms with Crippen LogP contribution in [-0.4, -0.2) is 23.9 Å². The van der Waals surface area contributed by atoms with Crippen molar-refractivity contribution in [3.8, 4) is 0 Å². The highest BCUT2D eigenvalue weighted by atomic mass is 35.5. The van der Waals surface area contributed by atoms with Crippen LogP contribution in [0.4, 0.5) is 10.5 Å². The fourth-order valence-electron chi connectivity index (χ4n) is 0.934. The number of rotatable bonds is 3. The van der Waals surface area contributed by atoms with Crippen molar-refractivity contribution < 1.29 is 14.6 Å². The molecule has 82 valence electrons. The van der Waals surface area contributed by atoms with Crippen LogP contribution in [0.15, 0.2) is 24.3 Å². The molecule has 0 heterocycles. The molecule has 1 amide bonds. The number of anilines is 1. The molecule has 0 aliphatic carbocycles. The quantitative estimate of drug-likeness (QED) is 0.836. The summed E-state index contributed by atoms with van der Waals surface area (Å²) in [6, 6.07) is 6.71. The van der Waals surface area contributed by atoms with Crippen molar-refractivity contribution in [2.45, 2.75) is 13.0 Å². The average Bonchev–Trinajstić information content (AvgIpc) is 2.17. The Bertz CT molecular complexity index is 343. The van der Waals surface area contributed by atoms with Crippen LogP contribution in [0.3, 0.4) is 0 Å². The summed E-state index contributed by atoms with van der Waals surface area (Å²) in [5, 5.41) is 11.7. The molecule has 1 aromatic carbocycles. The number of nitrogens with one attached hydrogen (secondary N) is 1. The van der Waals surface area contributed by atoms with Crippen LogP contribution >= 0.6 is 11.6 Å². The molecule has 1 unspecified atom stereocenters. The highest BCUT2D eigenvalue weighted by Gasteiger charge is 2.08. The van der Waals surface area contributed by atoms with E-state index in [2.05, 4.69) is 5.32 Å². The number of halogens is 1. The van der Waals surface area contributed by atoms with Gasteiger partial charge in [0, 0.05) is 10.7 Å². The Morgan fingerprint density at radius 1 is 1.67 bits per heavy atom. The van der Waals surface area contributed by atoms with Crippen molar-refractivity contribution in [1.82, 2.24) is 0 Å². The van der Waals surface area contributed by atoms with Crippen molar-refractivity contribution in [1.29, 1.82) is 0 Å². The van der Waals surface area contributed by atoms with Gasteiger partial charge in [-0.1, -0.05) is 17.7 Å². The van der Waals surface area contributed by atoms with Gasteiger partial charge in [0.15, 0.2) is 0 Å². The van der Waals surface area contributed by atoms with Crippen molar-refractivity contribution >= 4 is 23.4 Å². The summed E-state index contributed by atoms with van der Waals surface area (Å²) in [5.74, 6) is 0. The molecule has 0 aliphatic heterocycles. The predicted molar refractivity (Wildman–Crippen MR) is 58.1 cm³/mol. The number of carbonyl (C=O) groups is 1. The van der Waals surface area contributed by atoms with E-state index in [1.807, 2.05) is 0 Å². The van der Waals surface area contributed by atoms with Crippen molar-refractivity contribution in [3.63, 3.8) is 0 Å². The molecule has 0 aliphatic rings. The number of hydrogen-bond acceptors (Lipinski definition) is 3. The van der Waals surface area contributed by atoms with Crippen LogP contribution < -0.4 is 5.32 Å². The first-order valence-electron chi connectivity index (χ1n) is 4.46. The lowest BCUT2D eigenvalue weighted by Gasteiger charge is -2.11. The summed E-state index contributed by atoms with van der Waals surface area (Å²) in [5.41, 5.74) is 0.553. The van der Waals surface area contributed by atoms with Crippen molar-refractivity contribution in [3.05, 3.63) is 29.3 Å². The third-order valence-electron chi connectivity index (χ3n) is 1.64. The first kappa shape index (κ1) is 11.8. The second-order valence-electron chi connectivity index (χ2n) is 3.03. The van der Waals surface area contributed by atoms with E-state index in [4.69, 9.17) is 21.4 Å². The molecule has 1 rings (SSSR count). The third kappa shape index (κ3) is 4.18. The molecule has 4 nitrogen and oxygen atoms in total. The zero-order valence-electron chi connectivity index (χ0n) is 8.24. The fraction of sp³-hybridized carbons (Fsp3) is 0.300. The molecule has 0 saturated heterocycles. The van der Waals surface area contributed by atoms with Gasteiger partial charge in [-0.05, 0) is 25.1 Å². The second kappa shape index (κ2) is 5.58. The molecule has 15 heavy (non-hydrogen) atoms. The number of aliphatic hydroxyl groups is 1. The third-order valence-corrected chi connectivity index (χ3v) is 1.87. The molecular weight excluding hydrogens is 218 g/mol. The topological polar surface area (TPSA) is 58.6 Å². The van der Waals surface area contributed by atoms with Crippen LogP contribution in [0.2, 0.25) is 5.02 Å². The lowest BCUT2D eigenvalue weighted by molar-refractivity contribution is 0.0776. The zero-order chi connectivity index (χ0) is 11.3. The van der Waals surface area contributed by atoms with Gasteiger partial charge in [0.1, 0.15) is 6.10 Å². The van der Waals surface area contributed by atoms with E-state index in [1.165, 1.54) is 0 Å². The minimum atomic E-state index is -0.612. The van der Waals surface area contributed by atoms with Crippen molar-refractivity contribution in [2.24, 2.45) is 0 Å². The van der Waals surface area contributed by atoms with Crippen LogP contribution in [0.5, 0.6) is 0 Å². The standard InChI is InChI=1S/C10H12ClNO3/c1-7(6-13)15-10(14)12-9-4-2-3-8(11)5-9/h2-5,7,13H,6H2,1H3,(H,12,14). The Morgan fingerprint density at radius 2 is 2.40 bits per heavy atom. The number of ether oxygens (including phenoxy) is 1. The minimum Gasteiger partial charge on any atom is -0.444 e. The Balaban J connectivity index is 2.51. The summed E-state index contributed by atoms with van der Waals surface area (Å²) in [7, 11) is 0. The lowest BCUT2D eigenvalue weighted by atomic mass is 10.3. The van der Waals surface area contributed by atoms with E-state index in [1.54, 1.807) is 31.2 Å². The van der Waals surface area contributed by atoms with Crippen LogP contribution in [0.1, 0.15) is 6.92 Å². The van der Waals surface area contributed by atoms with E-state index in [0.717, 1.165) is 0 Å². The zero-order valence-corrected chi connectivity index (χ0v) is 8.99. The first-order valence-corrected chi connectivity index (χ1v) is 4.83. The van der Waals surface area contributed by atoms with Crippen LogP contribution in [0, 0.1) is 0 Å². The fourth-order valence-corrected chi connectivity index (χ4v) is 1.12. The number of aliphatic hydroxyl groups excluding tert-OH is 1. The molecule has 0 fully saturated rings. The summed E-state index contributed by atoms with van der Waals surface area (Å²) in [6.45, 7) is 1.39. The molecule has 2 N–H and O–H groups in total.